The number of halogens is 4. The third-order valence-corrected chi connectivity index (χ3v) is 5.09. The van der Waals surface area contributed by atoms with Gasteiger partial charge in [0, 0.05) is 9.85 Å². The Morgan fingerprint density at radius 3 is 2.10 bits per heavy atom. The molecule has 0 aliphatic carbocycles. The molecular weight excluding hydrogens is 414 g/mol. The van der Waals surface area contributed by atoms with Crippen LogP contribution in [-0.4, -0.2) is 9.97 Å². The second-order valence-electron chi connectivity index (χ2n) is 4.14. The summed E-state index contributed by atoms with van der Waals surface area (Å²) >= 11 is 23.3. The predicted octanol–water partition coefficient (Wildman–Crippen LogP) is 6.59. The highest BCUT2D eigenvalue weighted by atomic mass is 79.9. The number of nitrogens with zero attached hydrogens (tertiary/aromatic N) is 2. The molecule has 0 atom stereocenters. The molecule has 0 saturated carbocycles. The first kappa shape index (κ1) is 15.3. The summed E-state index contributed by atoms with van der Waals surface area (Å²) < 4.78 is 0.976. The quantitative estimate of drug-likeness (QED) is 0.437. The lowest BCUT2D eigenvalue weighted by Gasteiger charge is -2.08. The average Bonchev–Trinajstić information content (AvgIpc) is 2.87. The summed E-state index contributed by atoms with van der Waals surface area (Å²) in [7, 11) is 0. The van der Waals surface area contributed by atoms with E-state index in [0.717, 1.165) is 14.9 Å². The van der Waals surface area contributed by atoms with Crippen molar-refractivity contribution in [1.29, 1.82) is 0 Å². The molecule has 0 spiro atoms. The SMILES string of the molecule is Clc1csc(-c2nc(Cl)c(-c3ccc(Br)cc3)c(Cl)n2)c1. The van der Waals surface area contributed by atoms with Crippen molar-refractivity contribution in [1.82, 2.24) is 9.97 Å². The van der Waals surface area contributed by atoms with Crippen molar-refractivity contribution < 1.29 is 0 Å². The summed E-state index contributed by atoms with van der Waals surface area (Å²) in [6, 6.07) is 9.42. The third-order valence-electron chi connectivity index (χ3n) is 2.74. The minimum Gasteiger partial charge on any atom is -0.215 e. The third kappa shape index (κ3) is 3.25. The Morgan fingerprint density at radius 1 is 0.952 bits per heavy atom. The lowest BCUT2D eigenvalue weighted by Crippen LogP contribution is -1.93. The van der Waals surface area contributed by atoms with E-state index < -0.39 is 0 Å². The van der Waals surface area contributed by atoms with Crippen molar-refractivity contribution >= 4 is 62.1 Å². The molecule has 0 aliphatic rings. The van der Waals surface area contributed by atoms with E-state index in [1.54, 1.807) is 6.07 Å². The molecule has 0 bridgehead atoms. The summed E-state index contributed by atoms with van der Waals surface area (Å²) in [5, 5.41) is 3.08. The summed E-state index contributed by atoms with van der Waals surface area (Å²) in [4.78, 5) is 9.48. The summed E-state index contributed by atoms with van der Waals surface area (Å²) in [5.41, 5.74) is 1.49. The fraction of sp³-hybridized carbons (Fsp3) is 0. The molecule has 3 rings (SSSR count). The minimum atomic E-state index is 0.317. The highest BCUT2D eigenvalue weighted by Gasteiger charge is 2.15. The van der Waals surface area contributed by atoms with E-state index in [0.29, 0.717) is 26.7 Å². The van der Waals surface area contributed by atoms with Crippen LogP contribution in [0.25, 0.3) is 21.8 Å². The molecule has 0 fully saturated rings. The van der Waals surface area contributed by atoms with E-state index in [1.165, 1.54) is 11.3 Å². The van der Waals surface area contributed by atoms with Crippen LogP contribution in [0.5, 0.6) is 0 Å². The van der Waals surface area contributed by atoms with Gasteiger partial charge in [-0.2, -0.15) is 0 Å². The van der Waals surface area contributed by atoms with Gasteiger partial charge in [0.1, 0.15) is 10.3 Å². The van der Waals surface area contributed by atoms with Gasteiger partial charge in [-0.05, 0) is 23.8 Å². The molecule has 0 unspecified atom stereocenters. The Balaban J connectivity index is 2.10. The van der Waals surface area contributed by atoms with Gasteiger partial charge in [-0.15, -0.1) is 11.3 Å². The van der Waals surface area contributed by atoms with Crippen LogP contribution >= 0.6 is 62.1 Å². The Morgan fingerprint density at radius 2 is 1.57 bits per heavy atom. The number of rotatable bonds is 2. The Labute approximate surface area is 148 Å². The number of aromatic nitrogens is 2. The first-order valence-electron chi connectivity index (χ1n) is 5.78. The molecule has 3 aromatic rings. The topological polar surface area (TPSA) is 25.8 Å². The fourth-order valence-corrected chi connectivity index (χ4v) is 3.68. The molecule has 106 valence electrons. The zero-order valence-electron chi connectivity index (χ0n) is 10.3. The summed E-state index contributed by atoms with van der Waals surface area (Å²) in [6.45, 7) is 0. The molecule has 0 saturated heterocycles. The van der Waals surface area contributed by atoms with E-state index in [-0.39, 0.29) is 0 Å². The second-order valence-corrected chi connectivity index (χ2v) is 7.12. The van der Waals surface area contributed by atoms with Gasteiger partial charge in [0.2, 0.25) is 0 Å². The first-order chi connectivity index (χ1) is 10.0. The summed E-state index contributed by atoms with van der Waals surface area (Å²) in [6.07, 6.45) is 0. The smallest absolute Gasteiger partial charge is 0.172 e. The molecule has 0 N–H and O–H groups in total. The lowest BCUT2D eigenvalue weighted by atomic mass is 10.1. The van der Waals surface area contributed by atoms with Gasteiger partial charge in [-0.25, -0.2) is 9.97 Å². The van der Waals surface area contributed by atoms with Crippen molar-refractivity contribution in [3.05, 3.63) is 55.5 Å². The zero-order chi connectivity index (χ0) is 15.0. The van der Waals surface area contributed by atoms with Crippen molar-refractivity contribution in [2.75, 3.05) is 0 Å². The van der Waals surface area contributed by atoms with Crippen LogP contribution in [0.3, 0.4) is 0 Å². The van der Waals surface area contributed by atoms with Crippen LogP contribution in [0.1, 0.15) is 0 Å². The molecular formula is C14H6BrCl3N2S. The van der Waals surface area contributed by atoms with Gasteiger partial charge < -0.3 is 0 Å². The predicted molar refractivity (Wildman–Crippen MR) is 93.5 cm³/mol. The number of benzene rings is 1. The average molecular weight is 421 g/mol. The van der Waals surface area contributed by atoms with E-state index in [9.17, 15) is 0 Å². The van der Waals surface area contributed by atoms with Crippen molar-refractivity contribution in [3.8, 4) is 21.8 Å². The first-order valence-corrected chi connectivity index (χ1v) is 8.58. The fourth-order valence-electron chi connectivity index (χ4n) is 1.80. The zero-order valence-corrected chi connectivity index (χ0v) is 14.9. The van der Waals surface area contributed by atoms with E-state index in [1.807, 2.05) is 29.6 Å². The molecule has 21 heavy (non-hydrogen) atoms. The van der Waals surface area contributed by atoms with Gasteiger partial charge in [-0.3, -0.25) is 0 Å². The van der Waals surface area contributed by atoms with Crippen LogP contribution in [0, 0.1) is 0 Å². The van der Waals surface area contributed by atoms with Crippen LogP contribution in [0.2, 0.25) is 15.3 Å². The Hall–Kier alpha value is -0.650. The van der Waals surface area contributed by atoms with E-state index in [2.05, 4.69) is 25.9 Å². The molecule has 2 nitrogen and oxygen atoms in total. The standard InChI is InChI=1S/C14H6BrCl3N2S/c15-8-3-1-7(2-4-8)11-12(17)19-14(20-13(11)18)10-5-9(16)6-21-10/h1-6H. The van der Waals surface area contributed by atoms with Crippen molar-refractivity contribution in [3.63, 3.8) is 0 Å². The monoisotopic (exact) mass is 418 g/mol. The molecule has 1 aromatic carbocycles. The van der Waals surface area contributed by atoms with Crippen LogP contribution in [-0.2, 0) is 0 Å². The van der Waals surface area contributed by atoms with Gasteiger partial charge in [-0.1, -0.05) is 62.9 Å². The minimum absolute atomic E-state index is 0.317. The lowest BCUT2D eigenvalue weighted by molar-refractivity contribution is 1.19. The molecule has 2 heterocycles. The highest BCUT2D eigenvalue weighted by molar-refractivity contribution is 9.10. The maximum Gasteiger partial charge on any atom is 0.172 e. The number of hydrogen-bond acceptors (Lipinski definition) is 3. The van der Waals surface area contributed by atoms with Gasteiger partial charge >= 0.3 is 0 Å². The van der Waals surface area contributed by atoms with Gasteiger partial charge in [0.15, 0.2) is 5.82 Å². The van der Waals surface area contributed by atoms with Crippen molar-refractivity contribution in [2.45, 2.75) is 0 Å². The molecule has 7 heteroatoms. The van der Waals surface area contributed by atoms with E-state index in [4.69, 9.17) is 34.8 Å². The van der Waals surface area contributed by atoms with E-state index >= 15 is 0 Å². The van der Waals surface area contributed by atoms with Crippen LogP contribution < -0.4 is 0 Å². The molecule has 2 aromatic heterocycles. The van der Waals surface area contributed by atoms with Gasteiger partial charge in [0.25, 0.3) is 0 Å². The van der Waals surface area contributed by atoms with Gasteiger partial charge in [0.05, 0.1) is 15.5 Å². The maximum atomic E-state index is 6.29. The summed E-state index contributed by atoms with van der Waals surface area (Å²) in [5.74, 6) is 0.475. The highest BCUT2D eigenvalue weighted by Crippen LogP contribution is 2.36. The largest absolute Gasteiger partial charge is 0.215 e. The van der Waals surface area contributed by atoms with Crippen molar-refractivity contribution in [2.24, 2.45) is 0 Å². The van der Waals surface area contributed by atoms with Crippen LogP contribution in [0.15, 0.2) is 40.2 Å². The normalized spacial score (nSPS) is 10.9. The maximum absolute atomic E-state index is 6.29. The molecule has 0 aliphatic heterocycles. The molecule has 0 amide bonds. The Bertz CT molecular complexity index is 779. The number of hydrogen-bond donors (Lipinski definition) is 0. The van der Waals surface area contributed by atoms with Crippen LogP contribution in [0.4, 0.5) is 0 Å². The number of thiophene rings is 1. The molecule has 0 radical (unpaired) electrons. The second kappa shape index (κ2) is 6.23. The Kier molecular flexibility index (Phi) is 4.52.